The van der Waals surface area contributed by atoms with E-state index in [1.165, 1.54) is 33.4 Å². The lowest BCUT2D eigenvalue weighted by atomic mass is 10.0. The van der Waals surface area contributed by atoms with Crippen LogP contribution in [0.4, 0.5) is 34.1 Å². The van der Waals surface area contributed by atoms with Gasteiger partial charge in [0.1, 0.15) is 11.2 Å². The summed E-state index contributed by atoms with van der Waals surface area (Å²) >= 11 is 7.65. The lowest BCUT2D eigenvalue weighted by molar-refractivity contribution is 0.667. The molecule has 0 saturated carbocycles. The van der Waals surface area contributed by atoms with Gasteiger partial charge in [0.2, 0.25) is 0 Å². The minimum atomic E-state index is 0.403. The minimum Gasteiger partial charge on any atom is -0.454 e. The molecule has 72 heavy (non-hydrogen) atoms. The fraction of sp³-hybridized carbons (Fsp3) is 0.0909. The summed E-state index contributed by atoms with van der Waals surface area (Å²) in [7, 11) is 0. The molecule has 10 aromatic carbocycles. The van der Waals surface area contributed by atoms with E-state index < -0.39 is 0 Å². The predicted molar refractivity (Wildman–Crippen MR) is 311 cm³/mol. The molecule has 0 unspecified atom stereocenters. The van der Waals surface area contributed by atoms with E-state index in [1.807, 2.05) is 18.2 Å². The molecular weight excluding hydrogens is 1010 g/mol. The molecule has 352 valence electrons. The second-order valence-corrected chi connectivity index (χ2v) is 20.4. The smallest absolute Gasteiger partial charge is 0.160 e. The van der Waals surface area contributed by atoms with Crippen LogP contribution < -0.4 is 9.80 Å². The second-order valence-electron chi connectivity index (χ2n) is 18.7. The van der Waals surface area contributed by atoms with Crippen LogP contribution in [0.25, 0.3) is 66.1 Å². The van der Waals surface area contributed by atoms with Gasteiger partial charge >= 0.3 is 0 Å². The number of anilines is 6. The molecule has 0 fully saturated rings. The van der Waals surface area contributed by atoms with Crippen molar-refractivity contribution in [1.82, 2.24) is 0 Å². The molecule has 2 aromatic heterocycles. The minimum absolute atomic E-state index is 0.403. The van der Waals surface area contributed by atoms with E-state index >= 15 is 0 Å². The van der Waals surface area contributed by atoms with E-state index in [0.29, 0.717) is 11.8 Å². The van der Waals surface area contributed by atoms with Crippen molar-refractivity contribution in [3.05, 3.63) is 251 Å². The van der Waals surface area contributed by atoms with Crippen molar-refractivity contribution in [2.75, 3.05) is 9.80 Å². The molecule has 0 aliphatic rings. The number of halogens is 2. The maximum atomic E-state index is 6.65. The first kappa shape index (κ1) is 46.7. The van der Waals surface area contributed by atoms with Crippen LogP contribution in [-0.2, 0) is 0 Å². The van der Waals surface area contributed by atoms with Crippen molar-refractivity contribution in [3.8, 4) is 22.3 Å². The van der Waals surface area contributed by atoms with Gasteiger partial charge in [0.25, 0.3) is 0 Å². The molecule has 0 N–H and O–H groups in total. The first-order valence-electron chi connectivity index (χ1n) is 24.5. The fourth-order valence-electron chi connectivity index (χ4n) is 9.64. The Balaban J connectivity index is 0.000000156. The molecule has 4 nitrogen and oxygen atoms in total. The molecule has 0 bridgehead atoms. The van der Waals surface area contributed by atoms with Crippen molar-refractivity contribution in [2.45, 2.75) is 39.5 Å². The Morgan fingerprint density at radius 1 is 0.333 bits per heavy atom. The van der Waals surface area contributed by atoms with E-state index in [1.54, 1.807) is 0 Å². The fourth-order valence-corrected chi connectivity index (χ4v) is 10.8. The van der Waals surface area contributed by atoms with Crippen LogP contribution in [0.15, 0.2) is 248 Å². The van der Waals surface area contributed by atoms with Crippen LogP contribution in [0, 0.1) is 0 Å². The highest BCUT2D eigenvalue weighted by Crippen LogP contribution is 2.48. The summed E-state index contributed by atoms with van der Waals surface area (Å²) in [5.41, 5.74) is 17.2. The van der Waals surface area contributed by atoms with Gasteiger partial charge < -0.3 is 18.6 Å². The third kappa shape index (κ3) is 9.13. The normalized spacial score (nSPS) is 11.4. The number of hydrogen-bond acceptors (Lipinski definition) is 4. The summed E-state index contributed by atoms with van der Waals surface area (Å²) in [6.07, 6.45) is 0. The first-order valence-corrected chi connectivity index (χ1v) is 26.1. The van der Waals surface area contributed by atoms with E-state index in [9.17, 15) is 0 Å². The molecule has 0 radical (unpaired) electrons. The number of para-hydroxylation sites is 3. The molecule has 12 rings (SSSR count). The zero-order valence-corrected chi connectivity index (χ0v) is 43.7. The first-order chi connectivity index (χ1) is 35.2. The summed E-state index contributed by atoms with van der Waals surface area (Å²) in [5.74, 6) is 0.858. The third-order valence-corrected chi connectivity index (χ3v) is 14.7. The lowest BCUT2D eigenvalue weighted by Gasteiger charge is -2.26. The predicted octanol–water partition coefficient (Wildman–Crippen LogP) is 21.2. The number of furan rings is 2. The molecule has 0 saturated heterocycles. The van der Waals surface area contributed by atoms with E-state index in [-0.39, 0.29) is 0 Å². The van der Waals surface area contributed by atoms with Crippen LogP contribution >= 0.6 is 31.9 Å². The van der Waals surface area contributed by atoms with Crippen LogP contribution in [0.1, 0.15) is 50.7 Å². The summed E-state index contributed by atoms with van der Waals surface area (Å²) in [6, 6.07) is 81.0. The molecule has 12 aromatic rings. The topological polar surface area (TPSA) is 32.8 Å². The third-order valence-electron chi connectivity index (χ3n) is 13.4. The van der Waals surface area contributed by atoms with Gasteiger partial charge in [-0.3, -0.25) is 0 Å². The van der Waals surface area contributed by atoms with Crippen molar-refractivity contribution >= 4 is 110 Å². The highest BCUT2D eigenvalue weighted by Gasteiger charge is 2.24. The summed E-state index contributed by atoms with van der Waals surface area (Å²) in [4.78, 5) is 4.55. The standard InChI is InChI=1S/C33H25Br2NO.C33H27NO/c1-21(2)24-19-28(35)31-30(20-24)37-33-29(18-17-27(34)32(31)33)36(25-11-7-4-8-12-25)26-15-13-23(14-16-26)22-9-5-3-6-10-22;1-23(2)26-18-21-29-30-14-9-15-31(33(30)35-32(29)22-26)34(27-12-7-4-8-13-27)28-19-16-25(17-20-28)24-10-5-3-6-11-24/h3-21H,1-2H3;3-23H,1-2H3. The van der Waals surface area contributed by atoms with Gasteiger partial charge in [0.05, 0.1) is 11.4 Å². The Morgan fingerprint density at radius 3 is 1.32 bits per heavy atom. The molecular formula is C66H52Br2N2O2. The zero-order valence-electron chi connectivity index (χ0n) is 40.6. The number of rotatable bonds is 10. The van der Waals surface area contributed by atoms with Gasteiger partial charge in [-0.15, -0.1) is 0 Å². The molecule has 2 heterocycles. The highest BCUT2D eigenvalue weighted by atomic mass is 79.9. The van der Waals surface area contributed by atoms with Crippen molar-refractivity contribution in [3.63, 3.8) is 0 Å². The van der Waals surface area contributed by atoms with Crippen molar-refractivity contribution < 1.29 is 8.83 Å². The maximum absolute atomic E-state index is 6.65. The second kappa shape index (κ2) is 20.2. The van der Waals surface area contributed by atoms with Gasteiger partial charge in [-0.1, -0.05) is 205 Å². The van der Waals surface area contributed by atoms with E-state index in [2.05, 4.69) is 282 Å². The molecule has 0 spiro atoms. The monoisotopic (exact) mass is 1060 g/mol. The number of benzene rings is 10. The Morgan fingerprint density at radius 2 is 0.792 bits per heavy atom. The molecule has 0 aliphatic carbocycles. The SMILES string of the molecule is CC(C)c1cc(Br)c2c(c1)oc1c(N(c3ccccc3)c3ccc(-c4ccccc4)cc3)ccc(Br)c12.CC(C)c1ccc2c(c1)oc1c(N(c3ccccc3)c3ccc(-c4ccccc4)cc3)cccc12. The Hall–Kier alpha value is -7.64. The van der Waals surface area contributed by atoms with Gasteiger partial charge in [0.15, 0.2) is 11.2 Å². The Labute approximate surface area is 438 Å². The molecule has 0 amide bonds. The Bertz CT molecular complexity index is 3810. The van der Waals surface area contributed by atoms with Crippen molar-refractivity contribution in [2.24, 2.45) is 0 Å². The van der Waals surface area contributed by atoms with Gasteiger partial charge in [-0.05, 0) is 130 Å². The quantitative estimate of drug-likeness (QED) is 0.137. The molecule has 0 atom stereocenters. The maximum Gasteiger partial charge on any atom is 0.160 e. The van der Waals surface area contributed by atoms with E-state index in [0.717, 1.165) is 86.9 Å². The average molecular weight is 1060 g/mol. The van der Waals surface area contributed by atoms with Crippen LogP contribution in [0.5, 0.6) is 0 Å². The van der Waals surface area contributed by atoms with Crippen LogP contribution in [0.3, 0.4) is 0 Å². The summed E-state index contributed by atoms with van der Waals surface area (Å²) in [6.45, 7) is 8.83. The molecule has 6 heteroatoms. The van der Waals surface area contributed by atoms with E-state index in [4.69, 9.17) is 8.83 Å². The van der Waals surface area contributed by atoms with Crippen LogP contribution in [-0.4, -0.2) is 0 Å². The Kier molecular flexibility index (Phi) is 13.1. The van der Waals surface area contributed by atoms with Gasteiger partial charge in [-0.2, -0.15) is 0 Å². The summed E-state index contributed by atoms with van der Waals surface area (Å²) < 4.78 is 15.3. The van der Waals surface area contributed by atoms with Gasteiger partial charge in [0, 0.05) is 53.2 Å². The van der Waals surface area contributed by atoms with Gasteiger partial charge in [-0.25, -0.2) is 0 Å². The number of fused-ring (bicyclic) bond motifs is 6. The largest absolute Gasteiger partial charge is 0.454 e. The summed E-state index contributed by atoms with van der Waals surface area (Å²) in [5, 5.41) is 4.44. The zero-order chi connectivity index (χ0) is 49.3. The average Bonchev–Trinajstić information content (AvgIpc) is 4.01. The highest BCUT2D eigenvalue weighted by molar-refractivity contribution is 9.11. The van der Waals surface area contributed by atoms with Crippen molar-refractivity contribution in [1.29, 1.82) is 0 Å². The number of nitrogens with zero attached hydrogens (tertiary/aromatic N) is 2. The number of hydrogen-bond donors (Lipinski definition) is 0. The molecule has 0 aliphatic heterocycles. The van der Waals surface area contributed by atoms with Crippen LogP contribution in [0.2, 0.25) is 0 Å². The lowest BCUT2D eigenvalue weighted by Crippen LogP contribution is -2.10.